The van der Waals surface area contributed by atoms with Gasteiger partial charge in [-0.3, -0.25) is 4.57 Å². The smallest absolute Gasteiger partial charge is 0.352 e. The van der Waals surface area contributed by atoms with E-state index in [1.54, 1.807) is 17.5 Å². The minimum Gasteiger partial charge on any atom is -0.367 e. The number of benzene rings is 1. The molecule has 1 atom stereocenters. The fourth-order valence-corrected chi connectivity index (χ4v) is 3.46. The van der Waals surface area contributed by atoms with Crippen LogP contribution in [0, 0.1) is 5.82 Å². The van der Waals surface area contributed by atoms with Gasteiger partial charge in [0.1, 0.15) is 5.82 Å². The molecule has 18 heavy (non-hydrogen) atoms. The Kier molecular flexibility index (Phi) is 3.82. The molecule has 3 N–H and O–H groups in total. The molecule has 1 aromatic carbocycles. The van der Waals surface area contributed by atoms with Crippen LogP contribution in [0.15, 0.2) is 41.8 Å². The maximum absolute atomic E-state index is 12.8. The molecule has 0 fully saturated rings. The maximum atomic E-state index is 12.8. The van der Waals surface area contributed by atoms with Crippen molar-refractivity contribution in [2.45, 2.75) is 5.78 Å². The molecule has 0 amide bonds. The SMILES string of the molecule is O=P(O)(O)C(Nc1ccc(F)cc1)c1cccs1. The summed E-state index contributed by atoms with van der Waals surface area (Å²) in [4.78, 5) is 19.2. The highest BCUT2D eigenvalue weighted by Crippen LogP contribution is 2.52. The van der Waals surface area contributed by atoms with Gasteiger partial charge in [0.2, 0.25) is 0 Å². The first kappa shape index (κ1) is 13.2. The zero-order valence-corrected chi connectivity index (χ0v) is 10.9. The summed E-state index contributed by atoms with van der Waals surface area (Å²) in [6.07, 6.45) is 0. The van der Waals surface area contributed by atoms with Crippen molar-refractivity contribution in [3.63, 3.8) is 0 Å². The molecule has 0 radical (unpaired) electrons. The van der Waals surface area contributed by atoms with Crippen molar-refractivity contribution < 1.29 is 18.7 Å². The predicted molar refractivity (Wildman–Crippen MR) is 69.1 cm³/mol. The van der Waals surface area contributed by atoms with E-state index in [4.69, 9.17) is 0 Å². The first-order chi connectivity index (χ1) is 8.47. The first-order valence-electron chi connectivity index (χ1n) is 5.07. The van der Waals surface area contributed by atoms with Crippen LogP contribution in [0.4, 0.5) is 10.1 Å². The standard InChI is InChI=1S/C11H11FNO3PS/c12-8-3-5-9(6-4-8)13-11(17(14,15)16)10-2-1-7-18-10/h1-7,11,13H,(H2,14,15,16). The topological polar surface area (TPSA) is 69.6 Å². The van der Waals surface area contributed by atoms with E-state index in [9.17, 15) is 18.7 Å². The van der Waals surface area contributed by atoms with Crippen molar-refractivity contribution >= 4 is 24.6 Å². The summed E-state index contributed by atoms with van der Waals surface area (Å²) in [6.45, 7) is 0. The van der Waals surface area contributed by atoms with Gasteiger partial charge >= 0.3 is 7.60 Å². The van der Waals surface area contributed by atoms with Gasteiger partial charge in [0.05, 0.1) is 0 Å². The summed E-state index contributed by atoms with van der Waals surface area (Å²) in [6, 6.07) is 8.69. The van der Waals surface area contributed by atoms with Crippen LogP contribution >= 0.6 is 18.9 Å². The third-order valence-electron chi connectivity index (χ3n) is 2.30. The largest absolute Gasteiger partial charge is 0.367 e. The van der Waals surface area contributed by atoms with E-state index in [-0.39, 0.29) is 0 Å². The van der Waals surface area contributed by atoms with Crippen molar-refractivity contribution in [2.24, 2.45) is 0 Å². The van der Waals surface area contributed by atoms with Gasteiger partial charge in [-0.2, -0.15) is 0 Å². The fraction of sp³-hybridized carbons (Fsp3) is 0.0909. The number of hydrogen-bond donors (Lipinski definition) is 3. The molecule has 0 aliphatic rings. The van der Waals surface area contributed by atoms with E-state index in [0.29, 0.717) is 10.6 Å². The summed E-state index contributed by atoms with van der Waals surface area (Å²) in [5.74, 6) is -1.51. The van der Waals surface area contributed by atoms with Crippen LogP contribution in [0.1, 0.15) is 10.7 Å². The highest BCUT2D eigenvalue weighted by molar-refractivity contribution is 7.52. The number of rotatable bonds is 4. The Bertz CT molecular complexity index is 552. The van der Waals surface area contributed by atoms with Crippen LogP contribution in [-0.4, -0.2) is 9.79 Å². The van der Waals surface area contributed by atoms with Crippen LogP contribution in [-0.2, 0) is 4.57 Å². The normalized spacial score (nSPS) is 13.3. The second kappa shape index (κ2) is 5.20. The molecule has 96 valence electrons. The Morgan fingerprint density at radius 3 is 2.39 bits per heavy atom. The van der Waals surface area contributed by atoms with Crippen molar-refractivity contribution in [1.82, 2.24) is 0 Å². The average molecular weight is 287 g/mol. The van der Waals surface area contributed by atoms with Gasteiger partial charge in [-0.25, -0.2) is 4.39 Å². The van der Waals surface area contributed by atoms with Crippen molar-refractivity contribution in [3.05, 3.63) is 52.5 Å². The summed E-state index contributed by atoms with van der Waals surface area (Å²) in [7, 11) is -4.34. The van der Waals surface area contributed by atoms with Crippen LogP contribution < -0.4 is 5.32 Å². The zero-order valence-electron chi connectivity index (χ0n) is 9.15. The minimum atomic E-state index is -4.34. The van der Waals surface area contributed by atoms with Crippen molar-refractivity contribution in [2.75, 3.05) is 5.32 Å². The Morgan fingerprint density at radius 1 is 1.22 bits per heavy atom. The Labute approximate surface area is 107 Å². The number of nitrogens with one attached hydrogen (secondary N) is 1. The molecule has 0 aliphatic heterocycles. The van der Waals surface area contributed by atoms with Gasteiger partial charge in [-0.15, -0.1) is 11.3 Å². The number of anilines is 1. The highest BCUT2D eigenvalue weighted by atomic mass is 32.1. The Morgan fingerprint density at radius 2 is 1.89 bits per heavy atom. The van der Waals surface area contributed by atoms with Gasteiger partial charge < -0.3 is 15.1 Å². The summed E-state index contributed by atoms with van der Waals surface area (Å²) in [5.41, 5.74) is 0.457. The molecular weight excluding hydrogens is 276 g/mol. The summed E-state index contributed by atoms with van der Waals surface area (Å²) >= 11 is 1.25. The monoisotopic (exact) mass is 287 g/mol. The maximum Gasteiger partial charge on any atom is 0.352 e. The van der Waals surface area contributed by atoms with E-state index in [2.05, 4.69) is 5.32 Å². The predicted octanol–water partition coefficient (Wildman–Crippen LogP) is 3.18. The second-order valence-corrected chi connectivity index (χ2v) is 6.33. The highest BCUT2D eigenvalue weighted by Gasteiger charge is 2.31. The number of halogens is 1. The third kappa shape index (κ3) is 3.17. The molecule has 1 unspecified atom stereocenters. The molecule has 1 heterocycles. The molecule has 7 heteroatoms. The van der Waals surface area contributed by atoms with Crippen LogP contribution in [0.25, 0.3) is 0 Å². The molecule has 4 nitrogen and oxygen atoms in total. The Hall–Kier alpha value is -1.20. The summed E-state index contributed by atoms with van der Waals surface area (Å²) in [5, 5.41) is 4.47. The van der Waals surface area contributed by atoms with E-state index < -0.39 is 19.2 Å². The van der Waals surface area contributed by atoms with Crippen LogP contribution in [0.5, 0.6) is 0 Å². The van der Waals surface area contributed by atoms with Crippen molar-refractivity contribution in [3.8, 4) is 0 Å². The lowest BCUT2D eigenvalue weighted by Crippen LogP contribution is -2.09. The lowest BCUT2D eigenvalue weighted by Gasteiger charge is -2.19. The molecule has 0 saturated heterocycles. The van der Waals surface area contributed by atoms with Crippen molar-refractivity contribution in [1.29, 1.82) is 0 Å². The molecule has 0 saturated carbocycles. The molecule has 1 aromatic heterocycles. The number of hydrogen-bond acceptors (Lipinski definition) is 3. The van der Waals surface area contributed by atoms with Gasteiger partial charge in [-0.1, -0.05) is 6.07 Å². The minimum absolute atomic E-state index is 0.399. The van der Waals surface area contributed by atoms with E-state index in [0.717, 1.165) is 0 Å². The molecule has 0 spiro atoms. The molecule has 0 aliphatic carbocycles. The van der Waals surface area contributed by atoms with E-state index >= 15 is 0 Å². The van der Waals surface area contributed by atoms with Gasteiger partial charge in [0.25, 0.3) is 0 Å². The molecule has 0 bridgehead atoms. The quantitative estimate of drug-likeness (QED) is 0.755. The Balaban J connectivity index is 2.26. The van der Waals surface area contributed by atoms with E-state index in [1.165, 1.54) is 35.6 Å². The molecular formula is C11H11FNO3PS. The third-order valence-corrected chi connectivity index (χ3v) is 4.49. The molecule has 2 rings (SSSR count). The number of thiophene rings is 1. The van der Waals surface area contributed by atoms with Crippen LogP contribution in [0.2, 0.25) is 0 Å². The first-order valence-corrected chi connectivity index (χ1v) is 7.63. The summed E-state index contributed by atoms with van der Waals surface area (Å²) < 4.78 is 24.2. The lowest BCUT2D eigenvalue weighted by molar-refractivity contribution is 0.363. The van der Waals surface area contributed by atoms with Crippen LogP contribution in [0.3, 0.4) is 0 Å². The zero-order chi connectivity index (χ0) is 13.2. The van der Waals surface area contributed by atoms with Gasteiger partial charge in [0, 0.05) is 10.6 Å². The van der Waals surface area contributed by atoms with Gasteiger partial charge in [-0.05, 0) is 35.7 Å². The van der Waals surface area contributed by atoms with Gasteiger partial charge in [0.15, 0.2) is 5.78 Å². The fourth-order valence-electron chi connectivity index (χ4n) is 1.47. The lowest BCUT2D eigenvalue weighted by atomic mass is 10.3. The second-order valence-electron chi connectivity index (χ2n) is 3.66. The molecule has 2 aromatic rings. The average Bonchev–Trinajstić information content (AvgIpc) is 2.80. The van der Waals surface area contributed by atoms with E-state index in [1.807, 2.05) is 0 Å².